The van der Waals surface area contributed by atoms with E-state index in [-0.39, 0.29) is 35.8 Å². The Labute approximate surface area is 204 Å². The summed E-state index contributed by atoms with van der Waals surface area (Å²) in [5.41, 5.74) is 0.763. The maximum absolute atomic E-state index is 13.5. The first-order valence-electron chi connectivity index (χ1n) is 10.9. The molecule has 34 heavy (non-hydrogen) atoms. The summed E-state index contributed by atoms with van der Waals surface area (Å²) in [6, 6.07) is 15.5. The van der Waals surface area contributed by atoms with Crippen LogP contribution in [0.1, 0.15) is 30.7 Å². The molecular formula is C25H29FN2O4S2. The molecule has 3 aromatic rings. The molecule has 0 N–H and O–H groups in total. The van der Waals surface area contributed by atoms with Gasteiger partial charge in [0.2, 0.25) is 15.9 Å². The van der Waals surface area contributed by atoms with Gasteiger partial charge in [0.1, 0.15) is 11.6 Å². The summed E-state index contributed by atoms with van der Waals surface area (Å²) in [7, 11) is -2.41. The molecule has 0 fully saturated rings. The average molecular weight is 505 g/mol. The van der Waals surface area contributed by atoms with Gasteiger partial charge in [-0.1, -0.05) is 25.1 Å². The Balaban J connectivity index is 1.88. The molecular weight excluding hydrogens is 475 g/mol. The van der Waals surface area contributed by atoms with Crippen molar-refractivity contribution in [2.75, 3.05) is 13.7 Å². The molecule has 3 rings (SSSR count). The Bertz CT molecular complexity index is 1160. The standard InChI is InChI=1S/C25H29FN2O4S2/c1-4-19(2)28(34(30,31)24-13-11-22(32-3)12-14-24)18-25(29)27(17-23-6-5-15-33-23)16-20-7-9-21(26)10-8-20/h5-15,19H,4,16-18H2,1-3H3. The van der Waals surface area contributed by atoms with Crippen LogP contribution in [0.15, 0.2) is 70.9 Å². The summed E-state index contributed by atoms with van der Waals surface area (Å²) in [5.74, 6) is -0.130. The Morgan fingerprint density at radius 3 is 2.29 bits per heavy atom. The predicted octanol–water partition coefficient (Wildman–Crippen LogP) is 4.91. The molecule has 1 atom stereocenters. The molecule has 0 radical (unpaired) electrons. The highest BCUT2D eigenvalue weighted by atomic mass is 32.2. The first kappa shape index (κ1) is 25.9. The summed E-state index contributed by atoms with van der Waals surface area (Å²) in [4.78, 5) is 16.2. The van der Waals surface area contributed by atoms with E-state index in [2.05, 4.69) is 0 Å². The number of halogens is 1. The fourth-order valence-electron chi connectivity index (χ4n) is 3.43. The van der Waals surface area contributed by atoms with E-state index in [0.29, 0.717) is 18.7 Å². The van der Waals surface area contributed by atoms with Crippen LogP contribution in [0.25, 0.3) is 0 Å². The van der Waals surface area contributed by atoms with Gasteiger partial charge in [-0.2, -0.15) is 4.31 Å². The third-order valence-corrected chi connectivity index (χ3v) is 8.44. The minimum Gasteiger partial charge on any atom is -0.497 e. The zero-order valence-corrected chi connectivity index (χ0v) is 21.1. The van der Waals surface area contributed by atoms with E-state index in [1.807, 2.05) is 24.4 Å². The van der Waals surface area contributed by atoms with Gasteiger partial charge in [-0.25, -0.2) is 12.8 Å². The van der Waals surface area contributed by atoms with Crippen LogP contribution < -0.4 is 4.74 Å². The zero-order valence-electron chi connectivity index (χ0n) is 19.5. The molecule has 0 spiro atoms. The minimum atomic E-state index is -3.92. The third kappa shape index (κ3) is 6.43. The Kier molecular flexibility index (Phi) is 8.82. The number of hydrogen-bond donors (Lipinski definition) is 0. The molecule has 0 aliphatic carbocycles. The van der Waals surface area contributed by atoms with Gasteiger partial charge in [-0.05, 0) is 66.8 Å². The third-order valence-electron chi connectivity index (χ3n) is 5.61. The topological polar surface area (TPSA) is 66.9 Å². The molecule has 0 bridgehead atoms. The lowest BCUT2D eigenvalue weighted by Crippen LogP contribution is -2.46. The average Bonchev–Trinajstić information content (AvgIpc) is 3.36. The number of hydrogen-bond acceptors (Lipinski definition) is 5. The van der Waals surface area contributed by atoms with Gasteiger partial charge in [-0.15, -0.1) is 11.3 Å². The maximum atomic E-state index is 13.5. The molecule has 1 amide bonds. The Morgan fingerprint density at radius 1 is 1.06 bits per heavy atom. The Hall–Kier alpha value is -2.75. The SMILES string of the molecule is CCC(C)N(CC(=O)N(Cc1ccc(F)cc1)Cc1cccs1)S(=O)(=O)c1ccc(OC)cc1. The second kappa shape index (κ2) is 11.6. The van der Waals surface area contributed by atoms with Crippen LogP contribution in [0.2, 0.25) is 0 Å². The molecule has 0 aliphatic rings. The van der Waals surface area contributed by atoms with Gasteiger partial charge in [0.05, 0.1) is 25.1 Å². The van der Waals surface area contributed by atoms with E-state index in [0.717, 1.165) is 10.4 Å². The van der Waals surface area contributed by atoms with Gasteiger partial charge < -0.3 is 9.64 Å². The first-order valence-corrected chi connectivity index (χ1v) is 13.3. The molecule has 182 valence electrons. The lowest BCUT2D eigenvalue weighted by molar-refractivity contribution is -0.133. The number of carbonyl (C=O) groups is 1. The molecule has 0 saturated carbocycles. The van der Waals surface area contributed by atoms with Crippen molar-refractivity contribution in [1.82, 2.24) is 9.21 Å². The summed E-state index contributed by atoms with van der Waals surface area (Å²) in [6.45, 7) is 3.96. The summed E-state index contributed by atoms with van der Waals surface area (Å²) < 4.78 is 46.7. The van der Waals surface area contributed by atoms with Crippen molar-refractivity contribution in [3.63, 3.8) is 0 Å². The van der Waals surface area contributed by atoms with Gasteiger partial charge in [0.25, 0.3) is 0 Å². The highest BCUT2D eigenvalue weighted by Crippen LogP contribution is 2.23. The summed E-state index contributed by atoms with van der Waals surface area (Å²) >= 11 is 1.52. The monoisotopic (exact) mass is 504 g/mol. The number of benzene rings is 2. The van der Waals surface area contributed by atoms with Crippen LogP contribution in [-0.2, 0) is 27.9 Å². The van der Waals surface area contributed by atoms with Gasteiger partial charge in [-0.3, -0.25) is 4.79 Å². The van der Waals surface area contributed by atoms with Crippen molar-refractivity contribution in [3.8, 4) is 5.75 Å². The van der Waals surface area contributed by atoms with E-state index in [1.165, 1.54) is 47.0 Å². The maximum Gasteiger partial charge on any atom is 0.243 e. The van der Waals surface area contributed by atoms with Crippen LogP contribution in [0.5, 0.6) is 5.75 Å². The molecule has 9 heteroatoms. The number of carbonyl (C=O) groups excluding carboxylic acids is 1. The van der Waals surface area contributed by atoms with Gasteiger partial charge >= 0.3 is 0 Å². The van der Waals surface area contributed by atoms with Crippen LogP contribution in [0.4, 0.5) is 4.39 Å². The van der Waals surface area contributed by atoms with E-state index in [9.17, 15) is 17.6 Å². The lowest BCUT2D eigenvalue weighted by Gasteiger charge is -2.30. The van der Waals surface area contributed by atoms with Crippen LogP contribution in [0, 0.1) is 5.82 Å². The van der Waals surface area contributed by atoms with Crippen LogP contribution in [0.3, 0.4) is 0 Å². The zero-order chi connectivity index (χ0) is 24.7. The Morgan fingerprint density at radius 2 is 1.74 bits per heavy atom. The summed E-state index contributed by atoms with van der Waals surface area (Å²) in [5, 5.41) is 1.93. The van der Waals surface area contributed by atoms with Crippen LogP contribution >= 0.6 is 11.3 Å². The molecule has 0 aliphatic heterocycles. The first-order chi connectivity index (χ1) is 16.2. The van der Waals surface area contributed by atoms with Gasteiger partial charge in [0.15, 0.2) is 0 Å². The molecule has 1 unspecified atom stereocenters. The fraction of sp³-hybridized carbons (Fsp3) is 0.320. The quantitative estimate of drug-likeness (QED) is 0.372. The van der Waals surface area contributed by atoms with Crippen molar-refractivity contribution in [2.24, 2.45) is 0 Å². The number of nitrogens with zero attached hydrogens (tertiary/aromatic N) is 2. The van der Waals surface area contributed by atoms with Gasteiger partial charge in [0, 0.05) is 17.5 Å². The minimum absolute atomic E-state index is 0.102. The lowest BCUT2D eigenvalue weighted by atomic mass is 10.2. The fourth-order valence-corrected chi connectivity index (χ4v) is 5.80. The molecule has 1 aromatic heterocycles. The van der Waals surface area contributed by atoms with Crippen LogP contribution in [-0.4, -0.2) is 43.2 Å². The number of rotatable bonds is 11. The smallest absolute Gasteiger partial charge is 0.243 e. The van der Waals surface area contributed by atoms with E-state index in [1.54, 1.807) is 36.1 Å². The number of amides is 1. The van der Waals surface area contributed by atoms with E-state index in [4.69, 9.17) is 4.74 Å². The van der Waals surface area contributed by atoms with E-state index >= 15 is 0 Å². The molecule has 2 aromatic carbocycles. The van der Waals surface area contributed by atoms with E-state index < -0.39 is 10.0 Å². The number of methoxy groups -OCH3 is 1. The number of sulfonamides is 1. The van der Waals surface area contributed by atoms with Crippen molar-refractivity contribution in [3.05, 3.63) is 82.3 Å². The largest absolute Gasteiger partial charge is 0.497 e. The highest BCUT2D eigenvalue weighted by molar-refractivity contribution is 7.89. The second-order valence-corrected chi connectivity index (χ2v) is 10.9. The highest BCUT2D eigenvalue weighted by Gasteiger charge is 2.32. The van der Waals surface area contributed by atoms with Crippen molar-refractivity contribution < 1.29 is 22.3 Å². The second-order valence-electron chi connectivity index (χ2n) is 7.94. The number of ether oxygens (including phenoxy) is 1. The van der Waals surface area contributed by atoms with Crippen molar-refractivity contribution >= 4 is 27.3 Å². The number of thiophene rings is 1. The normalized spacial score (nSPS) is 12.5. The molecule has 1 heterocycles. The van der Waals surface area contributed by atoms with Crippen molar-refractivity contribution in [2.45, 2.75) is 44.3 Å². The summed E-state index contributed by atoms with van der Waals surface area (Å²) in [6.07, 6.45) is 0.547. The predicted molar refractivity (Wildman–Crippen MR) is 132 cm³/mol. The van der Waals surface area contributed by atoms with Crippen molar-refractivity contribution in [1.29, 1.82) is 0 Å². The molecule has 0 saturated heterocycles. The molecule has 6 nitrogen and oxygen atoms in total.